The first-order valence-electron chi connectivity index (χ1n) is 23.8. The van der Waals surface area contributed by atoms with Crippen LogP contribution in [0, 0.1) is 22.7 Å². The Labute approximate surface area is 333 Å². The first-order chi connectivity index (χ1) is 24.6. The Kier molecular flexibility index (Phi) is 37.9. The zero-order valence-corrected chi connectivity index (χ0v) is 40.6. The standard InChI is InChI=1S/C32H69P.C16H35O2P/c1-5-9-13-17-18-19-20-21-22-23-24-28-32-33(29-25-14-10-6-2,30-26-15-11-7-3)31-27-16-12-8-4;1-13(9-15(3,4)5)11-18-19(17)12-14(2)10-16(6,7)8/h33H,5-32H2,1-4H3;13-14,19H,9-12H2,1-8H3. The first-order valence-corrected chi connectivity index (χ1v) is 28.1. The zero-order valence-electron chi connectivity index (χ0n) is 38.6. The SMILES string of the molecule is CC(CO[PH](=O)CC(C)CC(C)(C)C)CC(C)(C)C.CCCCCCCCCCCCCC[PH](CCCCCC)(CCCCCC)CCCCCC. The van der Waals surface area contributed by atoms with E-state index in [0.717, 1.165) is 19.0 Å². The third kappa shape index (κ3) is 40.3. The molecular formula is C48H104O2P2. The number of unbranched alkanes of at least 4 members (excludes halogenated alkanes) is 20. The topological polar surface area (TPSA) is 26.3 Å². The van der Waals surface area contributed by atoms with Crippen molar-refractivity contribution in [3.63, 3.8) is 0 Å². The van der Waals surface area contributed by atoms with Gasteiger partial charge in [0.1, 0.15) is 0 Å². The van der Waals surface area contributed by atoms with Crippen molar-refractivity contribution in [3.8, 4) is 0 Å². The van der Waals surface area contributed by atoms with Crippen LogP contribution in [-0.2, 0) is 9.09 Å². The van der Waals surface area contributed by atoms with Gasteiger partial charge in [-0.2, -0.15) is 0 Å². The molecule has 0 N–H and O–H groups in total. The Hall–Kier alpha value is 0.620. The molecule has 0 saturated heterocycles. The summed E-state index contributed by atoms with van der Waals surface area (Å²) >= 11 is 0. The third-order valence-corrected chi connectivity index (χ3v) is 18.4. The monoisotopic (exact) mass is 775 g/mol. The van der Waals surface area contributed by atoms with Crippen molar-refractivity contribution in [2.24, 2.45) is 22.7 Å². The van der Waals surface area contributed by atoms with Crippen LogP contribution < -0.4 is 0 Å². The molecule has 0 aliphatic rings. The van der Waals surface area contributed by atoms with Crippen molar-refractivity contribution >= 4 is 15.3 Å². The summed E-state index contributed by atoms with van der Waals surface area (Å²) in [7, 11) is -2.90. The molecule has 0 heterocycles. The molecule has 0 fully saturated rings. The maximum atomic E-state index is 12.0. The minimum absolute atomic E-state index is 0.307. The third-order valence-electron chi connectivity index (χ3n) is 11.2. The Morgan fingerprint density at radius 3 is 1.02 bits per heavy atom. The van der Waals surface area contributed by atoms with Crippen LogP contribution in [0.4, 0.5) is 0 Å². The molecule has 0 aromatic carbocycles. The van der Waals surface area contributed by atoms with Crippen molar-refractivity contribution in [3.05, 3.63) is 0 Å². The Bertz CT molecular complexity index is 721. The molecule has 0 aliphatic heterocycles. The molecule has 0 bridgehead atoms. The summed E-state index contributed by atoms with van der Waals surface area (Å²) in [5, 5.41) is 0. The van der Waals surface area contributed by atoms with Gasteiger partial charge < -0.3 is 4.52 Å². The second-order valence-corrected chi connectivity index (χ2v) is 26.6. The van der Waals surface area contributed by atoms with Gasteiger partial charge in [-0.3, -0.25) is 4.57 Å². The van der Waals surface area contributed by atoms with Crippen LogP contribution in [0.15, 0.2) is 0 Å². The summed E-state index contributed by atoms with van der Waals surface area (Å²) in [6, 6.07) is 0. The number of hydrogen-bond donors (Lipinski definition) is 0. The van der Waals surface area contributed by atoms with Crippen molar-refractivity contribution in [1.82, 2.24) is 0 Å². The van der Waals surface area contributed by atoms with Crippen LogP contribution >= 0.6 is 15.3 Å². The van der Waals surface area contributed by atoms with Gasteiger partial charge in [0.2, 0.25) is 0 Å². The number of hydrogen-bond acceptors (Lipinski definition) is 2. The summed E-state index contributed by atoms with van der Waals surface area (Å²) < 4.78 is 17.6. The van der Waals surface area contributed by atoms with Gasteiger partial charge in [-0.1, -0.05) is 68.7 Å². The van der Waals surface area contributed by atoms with E-state index in [4.69, 9.17) is 4.52 Å². The quantitative estimate of drug-likeness (QED) is 0.0473. The molecule has 0 radical (unpaired) electrons. The molecule has 0 amide bonds. The molecule has 0 aromatic rings. The van der Waals surface area contributed by atoms with Crippen LogP contribution in [0.2, 0.25) is 0 Å². The van der Waals surface area contributed by atoms with E-state index in [0.29, 0.717) is 29.3 Å². The van der Waals surface area contributed by atoms with Crippen LogP contribution in [0.3, 0.4) is 0 Å². The molecule has 318 valence electrons. The summed E-state index contributed by atoms with van der Waals surface area (Å²) in [5.74, 6) is 0.955. The predicted octanol–water partition coefficient (Wildman–Crippen LogP) is 17.8. The molecule has 0 spiro atoms. The molecule has 52 heavy (non-hydrogen) atoms. The van der Waals surface area contributed by atoms with Gasteiger partial charge in [0.05, 0.1) is 6.61 Å². The Balaban J connectivity index is 0. The van der Waals surface area contributed by atoms with Crippen LogP contribution in [0.5, 0.6) is 0 Å². The average molecular weight is 775 g/mol. The van der Waals surface area contributed by atoms with Gasteiger partial charge in [0, 0.05) is 6.16 Å². The van der Waals surface area contributed by atoms with Gasteiger partial charge in [0.15, 0.2) is 8.03 Å². The van der Waals surface area contributed by atoms with Crippen molar-refractivity contribution < 1.29 is 9.09 Å². The minimum atomic E-state index is -1.86. The maximum absolute atomic E-state index is 12.0. The van der Waals surface area contributed by atoms with E-state index < -0.39 is 15.3 Å². The zero-order chi connectivity index (χ0) is 39.6. The van der Waals surface area contributed by atoms with E-state index in [9.17, 15) is 4.57 Å². The van der Waals surface area contributed by atoms with Crippen molar-refractivity contribution in [2.45, 2.75) is 250 Å². The molecular weight excluding hydrogens is 670 g/mol. The van der Waals surface area contributed by atoms with Crippen molar-refractivity contribution in [2.75, 3.05) is 37.4 Å². The Morgan fingerprint density at radius 2 is 0.712 bits per heavy atom. The van der Waals surface area contributed by atoms with Crippen molar-refractivity contribution in [1.29, 1.82) is 0 Å². The fraction of sp³-hybridized carbons (Fsp3) is 1.00. The summed E-state index contributed by atoms with van der Waals surface area (Å²) in [4.78, 5) is 0. The van der Waals surface area contributed by atoms with Crippen LogP contribution in [0.25, 0.3) is 0 Å². The molecule has 0 rings (SSSR count). The van der Waals surface area contributed by atoms with Crippen LogP contribution in [-0.4, -0.2) is 37.4 Å². The normalized spacial score (nSPS) is 14.5. The molecule has 0 saturated carbocycles. The van der Waals surface area contributed by atoms with Crippen LogP contribution in [0.1, 0.15) is 250 Å². The second kappa shape index (κ2) is 36.0. The second-order valence-electron chi connectivity index (χ2n) is 20.2. The first kappa shape index (κ1) is 54.7. The van der Waals surface area contributed by atoms with E-state index in [2.05, 4.69) is 83.1 Å². The molecule has 4 heteroatoms. The Morgan fingerprint density at radius 1 is 0.442 bits per heavy atom. The summed E-state index contributed by atoms with van der Waals surface area (Å²) in [6.07, 6.45) is 45.3. The van der Waals surface area contributed by atoms with E-state index in [1.807, 2.05) is 0 Å². The van der Waals surface area contributed by atoms with Gasteiger partial charge in [-0.15, -0.1) is 0 Å². The molecule has 3 unspecified atom stereocenters. The summed E-state index contributed by atoms with van der Waals surface area (Å²) in [5.41, 5.74) is 0.624. The van der Waals surface area contributed by atoms with Gasteiger partial charge in [-0.05, 0) is 35.5 Å². The molecule has 3 atom stereocenters. The summed E-state index contributed by atoms with van der Waals surface area (Å²) in [6.45, 7) is 27.8. The predicted molar refractivity (Wildman–Crippen MR) is 248 cm³/mol. The van der Waals surface area contributed by atoms with E-state index in [1.165, 1.54) is 128 Å². The molecule has 0 aliphatic carbocycles. The van der Waals surface area contributed by atoms with E-state index in [-0.39, 0.29) is 0 Å². The van der Waals surface area contributed by atoms with Gasteiger partial charge >= 0.3 is 200 Å². The fourth-order valence-corrected chi connectivity index (χ4v) is 15.5. The number of rotatable bonds is 35. The molecule has 0 aromatic heterocycles. The van der Waals surface area contributed by atoms with E-state index in [1.54, 1.807) is 50.3 Å². The molecule has 2 nitrogen and oxygen atoms in total. The van der Waals surface area contributed by atoms with E-state index >= 15 is 0 Å². The average Bonchev–Trinajstić information content (AvgIpc) is 3.05. The van der Waals surface area contributed by atoms with Gasteiger partial charge in [-0.25, -0.2) is 0 Å². The fourth-order valence-electron chi connectivity index (χ4n) is 8.67. The van der Waals surface area contributed by atoms with Gasteiger partial charge in [0.25, 0.3) is 0 Å².